The van der Waals surface area contributed by atoms with Crippen LogP contribution < -0.4 is 10.6 Å². The van der Waals surface area contributed by atoms with E-state index in [2.05, 4.69) is 27.0 Å². The SMILES string of the molecule is O=C(CCc1cccs1)NCCCN1CCNCC1. The fourth-order valence-electron chi connectivity index (χ4n) is 2.25. The molecular weight excluding hydrogens is 258 g/mol. The molecule has 0 aromatic carbocycles. The van der Waals surface area contributed by atoms with E-state index in [1.165, 1.54) is 4.88 Å². The first-order chi connectivity index (χ1) is 9.34. The number of piperazine rings is 1. The topological polar surface area (TPSA) is 44.4 Å². The number of aryl methyl sites for hydroxylation is 1. The minimum absolute atomic E-state index is 0.175. The summed E-state index contributed by atoms with van der Waals surface area (Å²) < 4.78 is 0. The highest BCUT2D eigenvalue weighted by molar-refractivity contribution is 7.09. The average molecular weight is 281 g/mol. The Bertz CT molecular complexity index is 361. The minimum Gasteiger partial charge on any atom is -0.356 e. The summed E-state index contributed by atoms with van der Waals surface area (Å²) in [7, 11) is 0. The molecule has 0 aliphatic carbocycles. The van der Waals surface area contributed by atoms with E-state index in [-0.39, 0.29) is 5.91 Å². The molecule has 2 heterocycles. The molecule has 0 spiro atoms. The third-order valence-electron chi connectivity index (χ3n) is 3.36. The third-order valence-corrected chi connectivity index (χ3v) is 4.30. The summed E-state index contributed by atoms with van der Waals surface area (Å²) >= 11 is 1.72. The standard InChI is InChI=1S/C14H23N3OS/c18-14(5-4-13-3-1-12-19-13)16-6-2-9-17-10-7-15-8-11-17/h1,3,12,15H,2,4-11H2,(H,16,18). The van der Waals surface area contributed by atoms with Crippen molar-refractivity contribution in [1.29, 1.82) is 0 Å². The zero-order valence-electron chi connectivity index (χ0n) is 11.4. The van der Waals surface area contributed by atoms with Gasteiger partial charge in [0.1, 0.15) is 0 Å². The summed E-state index contributed by atoms with van der Waals surface area (Å²) in [6.45, 7) is 6.33. The average Bonchev–Trinajstić information content (AvgIpc) is 2.96. The van der Waals surface area contributed by atoms with Crippen molar-refractivity contribution in [3.63, 3.8) is 0 Å². The largest absolute Gasteiger partial charge is 0.356 e. The van der Waals surface area contributed by atoms with Crippen LogP contribution in [0.3, 0.4) is 0 Å². The zero-order chi connectivity index (χ0) is 13.3. The molecule has 1 aliphatic heterocycles. The lowest BCUT2D eigenvalue weighted by Crippen LogP contribution is -2.44. The van der Waals surface area contributed by atoms with Gasteiger partial charge in [-0.25, -0.2) is 0 Å². The maximum atomic E-state index is 11.7. The van der Waals surface area contributed by atoms with Gasteiger partial charge in [-0.3, -0.25) is 4.79 Å². The molecular formula is C14H23N3OS. The smallest absolute Gasteiger partial charge is 0.220 e. The van der Waals surface area contributed by atoms with Gasteiger partial charge < -0.3 is 15.5 Å². The maximum absolute atomic E-state index is 11.7. The Morgan fingerprint density at radius 3 is 3.00 bits per heavy atom. The fraction of sp³-hybridized carbons (Fsp3) is 0.643. The minimum atomic E-state index is 0.175. The molecule has 19 heavy (non-hydrogen) atoms. The highest BCUT2D eigenvalue weighted by Gasteiger charge is 2.08. The molecule has 0 radical (unpaired) electrons. The molecule has 106 valence electrons. The van der Waals surface area contributed by atoms with Crippen molar-refractivity contribution in [2.24, 2.45) is 0 Å². The van der Waals surface area contributed by atoms with Gasteiger partial charge in [-0.05, 0) is 30.8 Å². The summed E-state index contributed by atoms with van der Waals surface area (Å²) in [5, 5.41) is 8.41. The number of hydrogen-bond donors (Lipinski definition) is 2. The van der Waals surface area contributed by atoms with E-state index >= 15 is 0 Å². The quantitative estimate of drug-likeness (QED) is 0.736. The van der Waals surface area contributed by atoms with Gasteiger partial charge in [0.25, 0.3) is 0 Å². The Morgan fingerprint density at radius 2 is 2.26 bits per heavy atom. The number of carbonyl (C=O) groups is 1. The van der Waals surface area contributed by atoms with Crippen LogP contribution in [0.25, 0.3) is 0 Å². The molecule has 1 aromatic heterocycles. The molecule has 5 heteroatoms. The van der Waals surface area contributed by atoms with Gasteiger partial charge in [-0.1, -0.05) is 6.07 Å². The number of amides is 1. The molecule has 0 saturated carbocycles. The second kappa shape index (κ2) is 8.30. The molecule has 1 aliphatic rings. The van der Waals surface area contributed by atoms with Crippen LogP contribution >= 0.6 is 11.3 Å². The Morgan fingerprint density at radius 1 is 1.42 bits per heavy atom. The molecule has 2 rings (SSSR count). The maximum Gasteiger partial charge on any atom is 0.220 e. The second-order valence-electron chi connectivity index (χ2n) is 4.87. The molecule has 4 nitrogen and oxygen atoms in total. The Kier molecular flexibility index (Phi) is 6.33. The summed E-state index contributed by atoms with van der Waals surface area (Å²) in [6.07, 6.45) is 2.51. The van der Waals surface area contributed by atoms with E-state index in [0.717, 1.165) is 52.1 Å². The predicted molar refractivity (Wildman–Crippen MR) is 79.6 cm³/mol. The number of thiophene rings is 1. The van der Waals surface area contributed by atoms with Gasteiger partial charge in [-0.15, -0.1) is 11.3 Å². The van der Waals surface area contributed by atoms with Crippen molar-refractivity contribution in [2.75, 3.05) is 39.3 Å². The van der Waals surface area contributed by atoms with E-state index in [9.17, 15) is 4.79 Å². The Hall–Kier alpha value is -0.910. The molecule has 0 unspecified atom stereocenters. The van der Waals surface area contributed by atoms with Gasteiger partial charge in [-0.2, -0.15) is 0 Å². The van der Waals surface area contributed by atoms with E-state index in [1.54, 1.807) is 11.3 Å². The van der Waals surface area contributed by atoms with E-state index in [0.29, 0.717) is 6.42 Å². The Balaban J connectivity index is 1.49. The number of rotatable bonds is 7. The Labute approximate surface area is 119 Å². The predicted octanol–water partition coefficient (Wildman–Crippen LogP) is 1.09. The van der Waals surface area contributed by atoms with Crippen LogP contribution in [0.5, 0.6) is 0 Å². The van der Waals surface area contributed by atoms with Crippen LogP contribution in [0.4, 0.5) is 0 Å². The van der Waals surface area contributed by atoms with Gasteiger partial charge in [0.15, 0.2) is 0 Å². The number of nitrogens with zero attached hydrogens (tertiary/aromatic N) is 1. The highest BCUT2D eigenvalue weighted by atomic mass is 32.1. The molecule has 1 saturated heterocycles. The van der Waals surface area contributed by atoms with Gasteiger partial charge in [0.05, 0.1) is 0 Å². The van der Waals surface area contributed by atoms with Crippen molar-refractivity contribution in [2.45, 2.75) is 19.3 Å². The molecule has 1 aromatic rings. The normalized spacial score (nSPS) is 16.4. The van der Waals surface area contributed by atoms with Crippen LogP contribution in [0.15, 0.2) is 17.5 Å². The lowest BCUT2D eigenvalue weighted by atomic mass is 10.2. The lowest BCUT2D eigenvalue weighted by Gasteiger charge is -2.27. The van der Waals surface area contributed by atoms with Crippen LogP contribution in [0.1, 0.15) is 17.7 Å². The van der Waals surface area contributed by atoms with Crippen LogP contribution in [-0.2, 0) is 11.2 Å². The number of carbonyl (C=O) groups excluding carboxylic acids is 1. The first-order valence-corrected chi connectivity index (χ1v) is 7.95. The van der Waals surface area contributed by atoms with Gasteiger partial charge in [0.2, 0.25) is 5.91 Å². The second-order valence-corrected chi connectivity index (χ2v) is 5.91. The number of nitrogens with one attached hydrogen (secondary N) is 2. The number of hydrogen-bond acceptors (Lipinski definition) is 4. The van der Waals surface area contributed by atoms with Crippen molar-refractivity contribution in [3.8, 4) is 0 Å². The van der Waals surface area contributed by atoms with Gasteiger partial charge >= 0.3 is 0 Å². The molecule has 0 atom stereocenters. The van der Waals surface area contributed by atoms with Crippen molar-refractivity contribution < 1.29 is 4.79 Å². The first-order valence-electron chi connectivity index (χ1n) is 7.07. The van der Waals surface area contributed by atoms with Crippen LogP contribution in [0.2, 0.25) is 0 Å². The van der Waals surface area contributed by atoms with E-state index in [4.69, 9.17) is 0 Å². The monoisotopic (exact) mass is 281 g/mol. The first kappa shape index (κ1) is 14.5. The highest BCUT2D eigenvalue weighted by Crippen LogP contribution is 2.10. The molecule has 2 N–H and O–H groups in total. The van der Waals surface area contributed by atoms with Crippen LogP contribution in [0, 0.1) is 0 Å². The molecule has 1 fully saturated rings. The summed E-state index contributed by atoms with van der Waals surface area (Å²) in [6, 6.07) is 4.12. The summed E-state index contributed by atoms with van der Waals surface area (Å²) in [4.78, 5) is 15.4. The van der Waals surface area contributed by atoms with Gasteiger partial charge in [0, 0.05) is 44.0 Å². The lowest BCUT2D eigenvalue weighted by molar-refractivity contribution is -0.121. The summed E-state index contributed by atoms with van der Waals surface area (Å²) in [5.41, 5.74) is 0. The molecule has 1 amide bonds. The zero-order valence-corrected chi connectivity index (χ0v) is 12.2. The molecule has 0 bridgehead atoms. The summed E-state index contributed by atoms with van der Waals surface area (Å²) in [5.74, 6) is 0.175. The van der Waals surface area contributed by atoms with Crippen molar-refractivity contribution in [1.82, 2.24) is 15.5 Å². The van der Waals surface area contributed by atoms with E-state index < -0.39 is 0 Å². The van der Waals surface area contributed by atoms with E-state index in [1.807, 2.05) is 6.07 Å². The fourth-order valence-corrected chi connectivity index (χ4v) is 2.95. The third kappa shape index (κ3) is 5.72. The van der Waals surface area contributed by atoms with Crippen LogP contribution in [-0.4, -0.2) is 50.1 Å². The van der Waals surface area contributed by atoms with Crippen molar-refractivity contribution >= 4 is 17.2 Å². The van der Waals surface area contributed by atoms with Crippen molar-refractivity contribution in [3.05, 3.63) is 22.4 Å².